The third-order valence-electron chi connectivity index (χ3n) is 6.21. The molecule has 0 radical (unpaired) electrons. The lowest BCUT2D eigenvalue weighted by atomic mass is 9.74. The lowest BCUT2D eigenvalue weighted by Crippen LogP contribution is -2.55. The quantitative estimate of drug-likeness (QED) is 0.864. The molecule has 2 fully saturated rings. The van der Waals surface area contributed by atoms with Gasteiger partial charge in [0.15, 0.2) is 5.82 Å². The van der Waals surface area contributed by atoms with Crippen molar-refractivity contribution in [2.45, 2.75) is 44.7 Å². The lowest BCUT2D eigenvalue weighted by molar-refractivity contribution is -0.142. The van der Waals surface area contributed by atoms with E-state index in [1.807, 2.05) is 35.2 Å². The number of rotatable bonds is 5. The Morgan fingerprint density at radius 2 is 2.07 bits per heavy atom. The molecule has 1 aliphatic heterocycles. The molecule has 1 N–H and O–H groups in total. The van der Waals surface area contributed by atoms with E-state index < -0.39 is 11.7 Å². The monoisotopic (exact) mass is 381 g/mol. The molecule has 1 saturated carbocycles. The highest BCUT2D eigenvalue weighted by Gasteiger charge is 2.50. The number of hydrogen-bond donors (Lipinski definition) is 1. The van der Waals surface area contributed by atoms with Crippen molar-refractivity contribution in [1.29, 1.82) is 0 Å². The summed E-state index contributed by atoms with van der Waals surface area (Å²) in [6, 6.07) is 11.5. The summed E-state index contributed by atoms with van der Waals surface area (Å²) in [7, 11) is 0. The van der Waals surface area contributed by atoms with Gasteiger partial charge in [-0.2, -0.15) is 0 Å². The maximum absolute atomic E-state index is 13.9. The van der Waals surface area contributed by atoms with Crippen molar-refractivity contribution in [3.63, 3.8) is 0 Å². The summed E-state index contributed by atoms with van der Waals surface area (Å²) in [5.74, 6) is -0.866. The zero-order chi connectivity index (χ0) is 19.6. The van der Waals surface area contributed by atoms with Crippen LogP contribution in [0.5, 0.6) is 0 Å². The number of likely N-dealkylation sites (tertiary alicyclic amines) is 1. The zero-order valence-electron chi connectivity index (χ0n) is 15.7. The Morgan fingerprint density at radius 1 is 1.25 bits per heavy atom. The van der Waals surface area contributed by atoms with E-state index in [0.29, 0.717) is 19.5 Å². The molecule has 0 unspecified atom stereocenters. The molecule has 6 heteroatoms. The normalized spacial score (nSPS) is 24.1. The summed E-state index contributed by atoms with van der Waals surface area (Å²) in [5, 5.41) is 2.93. The maximum atomic E-state index is 13.9. The van der Waals surface area contributed by atoms with Gasteiger partial charge < -0.3 is 10.2 Å². The summed E-state index contributed by atoms with van der Waals surface area (Å²) in [4.78, 5) is 30.8. The number of nitrogens with one attached hydrogen (secondary N) is 1. The van der Waals surface area contributed by atoms with Gasteiger partial charge >= 0.3 is 0 Å². The first-order valence-electron chi connectivity index (χ1n) is 9.80. The van der Waals surface area contributed by atoms with Crippen LogP contribution in [0.15, 0.2) is 48.8 Å². The van der Waals surface area contributed by atoms with Gasteiger partial charge in [-0.3, -0.25) is 14.6 Å². The Hall–Kier alpha value is -2.76. The van der Waals surface area contributed by atoms with E-state index in [1.165, 1.54) is 12.3 Å². The molecule has 0 spiro atoms. The molecule has 28 heavy (non-hydrogen) atoms. The summed E-state index contributed by atoms with van der Waals surface area (Å²) in [6.07, 6.45) is 6.65. The van der Waals surface area contributed by atoms with Gasteiger partial charge in [0.05, 0.1) is 11.8 Å². The largest absolute Gasteiger partial charge is 0.351 e. The first-order chi connectivity index (χ1) is 13.6. The molecule has 1 aromatic heterocycles. The predicted octanol–water partition coefficient (Wildman–Crippen LogP) is 3.31. The van der Waals surface area contributed by atoms with Crippen molar-refractivity contribution >= 4 is 11.8 Å². The molecule has 2 amide bonds. The van der Waals surface area contributed by atoms with Crippen LogP contribution < -0.4 is 5.32 Å². The zero-order valence-corrected chi connectivity index (χ0v) is 15.7. The molecular formula is C22H24FN3O2. The SMILES string of the molecule is O=C(NC[C@@]12CCC[C@H]1N(Cc1ccccc1)C(=O)CC2)c1ccncc1F. The third-order valence-corrected chi connectivity index (χ3v) is 6.21. The van der Waals surface area contributed by atoms with E-state index >= 15 is 0 Å². The molecule has 4 rings (SSSR count). The predicted molar refractivity (Wildman–Crippen MR) is 103 cm³/mol. The van der Waals surface area contributed by atoms with Crippen molar-refractivity contribution in [2.75, 3.05) is 6.54 Å². The number of pyridine rings is 1. The number of nitrogens with zero attached hydrogens (tertiary/aromatic N) is 2. The molecule has 1 saturated heterocycles. The molecule has 2 aromatic rings. The molecule has 2 atom stereocenters. The first kappa shape index (κ1) is 18.6. The molecule has 1 aromatic carbocycles. The molecular weight excluding hydrogens is 357 g/mol. The van der Waals surface area contributed by atoms with Crippen molar-refractivity contribution in [3.05, 3.63) is 65.7 Å². The Bertz CT molecular complexity index is 873. The lowest BCUT2D eigenvalue weighted by Gasteiger charge is -2.46. The molecule has 0 bridgehead atoms. The average molecular weight is 381 g/mol. The van der Waals surface area contributed by atoms with E-state index in [0.717, 1.165) is 37.4 Å². The molecule has 1 aliphatic carbocycles. The minimum Gasteiger partial charge on any atom is -0.351 e. The van der Waals surface area contributed by atoms with E-state index in [1.54, 1.807) is 0 Å². The first-order valence-corrected chi connectivity index (χ1v) is 9.80. The molecule has 146 valence electrons. The fraction of sp³-hybridized carbons (Fsp3) is 0.409. The van der Waals surface area contributed by atoms with Crippen LogP contribution in [0.1, 0.15) is 48.0 Å². The van der Waals surface area contributed by atoms with E-state index in [-0.39, 0.29) is 22.9 Å². The number of aromatic nitrogens is 1. The minimum absolute atomic E-state index is 0.00831. The van der Waals surface area contributed by atoms with Gasteiger partial charge in [0.2, 0.25) is 5.91 Å². The fourth-order valence-corrected chi connectivity index (χ4v) is 4.76. The van der Waals surface area contributed by atoms with Gasteiger partial charge in [0.1, 0.15) is 0 Å². The van der Waals surface area contributed by atoms with Crippen LogP contribution in [0, 0.1) is 11.2 Å². The highest BCUT2D eigenvalue weighted by atomic mass is 19.1. The summed E-state index contributed by atoms with van der Waals surface area (Å²) < 4.78 is 13.9. The standard InChI is InChI=1S/C22H24FN3O2/c23-18-13-24-12-9-17(18)21(28)25-15-22-10-4-7-19(22)26(20(27)8-11-22)14-16-5-2-1-3-6-16/h1-3,5-6,9,12-13,19H,4,7-8,10-11,14-15H2,(H,25,28)/t19-,22+/m1/s1. The van der Waals surface area contributed by atoms with E-state index in [4.69, 9.17) is 0 Å². The van der Waals surface area contributed by atoms with Gasteiger partial charge in [-0.05, 0) is 30.9 Å². The van der Waals surface area contributed by atoms with E-state index in [9.17, 15) is 14.0 Å². The van der Waals surface area contributed by atoms with Crippen LogP contribution in [0.3, 0.4) is 0 Å². The summed E-state index contributed by atoms with van der Waals surface area (Å²) in [5.41, 5.74) is 0.984. The van der Waals surface area contributed by atoms with Crippen LogP contribution >= 0.6 is 0 Å². The van der Waals surface area contributed by atoms with Crippen LogP contribution in [0.25, 0.3) is 0 Å². The molecule has 2 heterocycles. The summed E-state index contributed by atoms with van der Waals surface area (Å²) in [6.45, 7) is 1.05. The van der Waals surface area contributed by atoms with Crippen LogP contribution in [-0.2, 0) is 11.3 Å². The molecule has 2 aliphatic rings. The van der Waals surface area contributed by atoms with Gasteiger partial charge in [-0.25, -0.2) is 4.39 Å². The van der Waals surface area contributed by atoms with Crippen molar-refractivity contribution in [3.8, 4) is 0 Å². The number of carbonyl (C=O) groups excluding carboxylic acids is 2. The number of piperidine rings is 1. The smallest absolute Gasteiger partial charge is 0.254 e. The highest BCUT2D eigenvalue weighted by molar-refractivity contribution is 5.94. The Kier molecular flexibility index (Phi) is 5.11. The second-order valence-electron chi connectivity index (χ2n) is 7.82. The van der Waals surface area contributed by atoms with Crippen LogP contribution in [0.2, 0.25) is 0 Å². The number of fused-ring (bicyclic) bond motifs is 1. The van der Waals surface area contributed by atoms with Gasteiger partial charge in [0, 0.05) is 37.2 Å². The minimum atomic E-state index is -0.620. The van der Waals surface area contributed by atoms with Gasteiger partial charge in [-0.15, -0.1) is 0 Å². The van der Waals surface area contributed by atoms with Crippen molar-refractivity contribution in [1.82, 2.24) is 15.2 Å². The topological polar surface area (TPSA) is 62.3 Å². The number of halogens is 1. The fourth-order valence-electron chi connectivity index (χ4n) is 4.76. The maximum Gasteiger partial charge on any atom is 0.254 e. The Labute approximate surface area is 164 Å². The second kappa shape index (κ2) is 7.70. The van der Waals surface area contributed by atoms with Crippen LogP contribution in [0.4, 0.5) is 4.39 Å². The van der Waals surface area contributed by atoms with Crippen molar-refractivity contribution in [2.24, 2.45) is 5.41 Å². The third kappa shape index (κ3) is 3.51. The van der Waals surface area contributed by atoms with Gasteiger partial charge in [-0.1, -0.05) is 36.8 Å². The molecule has 5 nitrogen and oxygen atoms in total. The average Bonchev–Trinajstić information content (AvgIpc) is 3.14. The number of benzene rings is 1. The Balaban J connectivity index is 1.50. The highest BCUT2D eigenvalue weighted by Crippen LogP contribution is 2.48. The van der Waals surface area contributed by atoms with E-state index in [2.05, 4.69) is 10.3 Å². The van der Waals surface area contributed by atoms with Crippen molar-refractivity contribution < 1.29 is 14.0 Å². The number of hydrogen-bond acceptors (Lipinski definition) is 3. The second-order valence-corrected chi connectivity index (χ2v) is 7.82. The number of carbonyl (C=O) groups is 2. The Morgan fingerprint density at radius 3 is 2.86 bits per heavy atom. The van der Waals surface area contributed by atoms with Crippen LogP contribution in [-0.4, -0.2) is 34.3 Å². The number of amides is 2. The summed E-state index contributed by atoms with van der Waals surface area (Å²) >= 11 is 0. The van der Waals surface area contributed by atoms with Gasteiger partial charge in [0.25, 0.3) is 5.91 Å².